The third-order valence-electron chi connectivity index (χ3n) is 2.72. The Morgan fingerprint density at radius 1 is 1.37 bits per heavy atom. The lowest BCUT2D eigenvalue weighted by atomic mass is 10.2. The number of nitrogens with two attached hydrogens (primary N) is 1. The lowest BCUT2D eigenvalue weighted by molar-refractivity contribution is 0.607. The minimum absolute atomic E-state index is 0.0923. The number of anilines is 1. The molecule has 0 aliphatic heterocycles. The highest BCUT2D eigenvalue weighted by Crippen LogP contribution is 2.17. The second-order valence-electron chi connectivity index (χ2n) is 4.13. The van der Waals surface area contributed by atoms with Crippen LogP contribution in [0.2, 0.25) is 0 Å². The standard InChI is InChI=1S/C13H14FN5/c1-19(8-9-4-2-3-5-11(9)14)13-10(12(15)16)6-7-17-18-13/h2-7H,8H2,1H3,(H3,15,16). The van der Waals surface area contributed by atoms with Crippen LogP contribution in [0.4, 0.5) is 10.2 Å². The van der Waals surface area contributed by atoms with E-state index in [2.05, 4.69) is 10.2 Å². The Morgan fingerprint density at radius 3 is 2.79 bits per heavy atom. The molecule has 1 aromatic heterocycles. The van der Waals surface area contributed by atoms with E-state index >= 15 is 0 Å². The van der Waals surface area contributed by atoms with Gasteiger partial charge in [0.25, 0.3) is 0 Å². The van der Waals surface area contributed by atoms with E-state index in [0.29, 0.717) is 23.5 Å². The Hall–Kier alpha value is -2.50. The molecule has 0 bridgehead atoms. The molecule has 2 rings (SSSR count). The molecule has 0 unspecified atom stereocenters. The van der Waals surface area contributed by atoms with Crippen LogP contribution in [-0.2, 0) is 6.54 Å². The first-order valence-electron chi connectivity index (χ1n) is 5.70. The zero-order valence-corrected chi connectivity index (χ0v) is 10.5. The van der Waals surface area contributed by atoms with Crippen molar-refractivity contribution in [1.29, 1.82) is 5.41 Å². The topological polar surface area (TPSA) is 78.9 Å². The third-order valence-corrected chi connectivity index (χ3v) is 2.72. The highest BCUT2D eigenvalue weighted by Gasteiger charge is 2.13. The molecule has 0 fully saturated rings. The van der Waals surface area contributed by atoms with E-state index in [1.165, 1.54) is 12.3 Å². The quantitative estimate of drug-likeness (QED) is 0.644. The molecule has 0 aliphatic carbocycles. The van der Waals surface area contributed by atoms with Crippen molar-refractivity contribution in [1.82, 2.24) is 10.2 Å². The highest BCUT2D eigenvalue weighted by molar-refractivity contribution is 5.99. The van der Waals surface area contributed by atoms with Crippen LogP contribution < -0.4 is 10.6 Å². The molecule has 0 amide bonds. The molecule has 1 heterocycles. The van der Waals surface area contributed by atoms with Gasteiger partial charge in [0, 0.05) is 19.2 Å². The monoisotopic (exact) mass is 259 g/mol. The number of nitrogens with one attached hydrogen (secondary N) is 1. The molecule has 6 heteroatoms. The Labute approximate surface area is 110 Å². The van der Waals surface area contributed by atoms with Crippen LogP contribution in [0.25, 0.3) is 0 Å². The zero-order chi connectivity index (χ0) is 13.8. The molecule has 2 aromatic rings. The SMILES string of the molecule is CN(Cc1ccccc1F)c1nnccc1C(=N)N. The smallest absolute Gasteiger partial charge is 0.162 e. The first-order chi connectivity index (χ1) is 9.09. The summed E-state index contributed by atoms with van der Waals surface area (Å²) in [6.07, 6.45) is 1.47. The number of aromatic nitrogens is 2. The van der Waals surface area contributed by atoms with E-state index in [4.69, 9.17) is 11.1 Å². The molecular weight excluding hydrogens is 245 g/mol. The summed E-state index contributed by atoms with van der Waals surface area (Å²) in [5, 5.41) is 15.2. The predicted molar refractivity (Wildman–Crippen MR) is 71.6 cm³/mol. The summed E-state index contributed by atoms with van der Waals surface area (Å²) in [4.78, 5) is 1.71. The minimum atomic E-state index is -0.275. The molecule has 0 saturated carbocycles. The second kappa shape index (κ2) is 5.43. The van der Waals surface area contributed by atoms with Crippen LogP contribution in [-0.4, -0.2) is 23.1 Å². The van der Waals surface area contributed by atoms with Gasteiger partial charge in [0.05, 0.1) is 11.8 Å². The fraction of sp³-hybridized carbons (Fsp3) is 0.154. The van der Waals surface area contributed by atoms with Gasteiger partial charge in [0.2, 0.25) is 0 Å². The minimum Gasteiger partial charge on any atom is -0.384 e. The van der Waals surface area contributed by atoms with Gasteiger partial charge >= 0.3 is 0 Å². The van der Waals surface area contributed by atoms with Gasteiger partial charge in [-0.25, -0.2) is 4.39 Å². The van der Waals surface area contributed by atoms with Crippen LogP contribution in [0, 0.1) is 11.2 Å². The summed E-state index contributed by atoms with van der Waals surface area (Å²) in [5.74, 6) is 0.0890. The van der Waals surface area contributed by atoms with Crippen molar-refractivity contribution in [2.75, 3.05) is 11.9 Å². The second-order valence-corrected chi connectivity index (χ2v) is 4.13. The van der Waals surface area contributed by atoms with E-state index in [1.54, 1.807) is 36.2 Å². The van der Waals surface area contributed by atoms with Crippen molar-refractivity contribution in [3.63, 3.8) is 0 Å². The number of rotatable bonds is 4. The van der Waals surface area contributed by atoms with Crippen molar-refractivity contribution in [2.45, 2.75) is 6.54 Å². The first kappa shape index (κ1) is 12.9. The van der Waals surface area contributed by atoms with Crippen LogP contribution in [0.5, 0.6) is 0 Å². The van der Waals surface area contributed by atoms with Gasteiger partial charge in [-0.3, -0.25) is 5.41 Å². The first-order valence-corrected chi connectivity index (χ1v) is 5.70. The Bertz CT molecular complexity index is 599. The maximum Gasteiger partial charge on any atom is 0.162 e. The third kappa shape index (κ3) is 2.85. The Kier molecular flexibility index (Phi) is 3.70. The summed E-state index contributed by atoms with van der Waals surface area (Å²) < 4.78 is 13.6. The van der Waals surface area contributed by atoms with Gasteiger partial charge in [0.15, 0.2) is 5.82 Å². The number of halogens is 1. The molecule has 19 heavy (non-hydrogen) atoms. The molecule has 0 saturated heterocycles. The number of nitrogen functional groups attached to an aromatic ring is 1. The molecule has 0 spiro atoms. The number of hydrogen-bond donors (Lipinski definition) is 2. The summed E-state index contributed by atoms with van der Waals surface area (Å²) >= 11 is 0. The van der Waals surface area contributed by atoms with Gasteiger partial charge in [0.1, 0.15) is 11.7 Å². The van der Waals surface area contributed by atoms with Crippen molar-refractivity contribution in [3.8, 4) is 0 Å². The highest BCUT2D eigenvalue weighted by atomic mass is 19.1. The molecule has 0 radical (unpaired) electrons. The summed E-state index contributed by atoms with van der Waals surface area (Å²) in [7, 11) is 1.75. The van der Waals surface area contributed by atoms with Crippen LogP contribution >= 0.6 is 0 Å². The zero-order valence-electron chi connectivity index (χ0n) is 10.5. The molecule has 0 aliphatic rings. The molecule has 1 aromatic carbocycles. The van der Waals surface area contributed by atoms with Gasteiger partial charge < -0.3 is 10.6 Å². The maximum absolute atomic E-state index is 13.6. The summed E-state index contributed by atoms with van der Waals surface area (Å²) in [6, 6.07) is 8.14. The van der Waals surface area contributed by atoms with Crippen molar-refractivity contribution < 1.29 is 4.39 Å². The molecule has 98 valence electrons. The van der Waals surface area contributed by atoms with Gasteiger partial charge in [-0.1, -0.05) is 18.2 Å². The molecular formula is C13H14FN5. The number of hydrogen-bond acceptors (Lipinski definition) is 4. The van der Waals surface area contributed by atoms with E-state index < -0.39 is 0 Å². The number of benzene rings is 1. The fourth-order valence-electron chi connectivity index (χ4n) is 1.77. The summed E-state index contributed by atoms with van der Waals surface area (Å²) in [5.41, 5.74) is 6.52. The predicted octanol–water partition coefficient (Wildman–Crippen LogP) is 1.54. The van der Waals surface area contributed by atoms with Crippen LogP contribution in [0.15, 0.2) is 36.5 Å². The van der Waals surface area contributed by atoms with E-state index in [1.807, 2.05) is 0 Å². The fourth-order valence-corrected chi connectivity index (χ4v) is 1.77. The maximum atomic E-state index is 13.6. The van der Waals surface area contributed by atoms with Gasteiger partial charge in [-0.15, -0.1) is 5.10 Å². The van der Waals surface area contributed by atoms with Crippen molar-refractivity contribution in [2.24, 2.45) is 5.73 Å². The van der Waals surface area contributed by atoms with E-state index in [9.17, 15) is 4.39 Å². The van der Waals surface area contributed by atoms with Crippen LogP contribution in [0.3, 0.4) is 0 Å². The lowest BCUT2D eigenvalue weighted by Crippen LogP contribution is -2.24. The summed E-state index contributed by atoms with van der Waals surface area (Å²) in [6.45, 7) is 0.325. The van der Waals surface area contributed by atoms with Crippen LogP contribution in [0.1, 0.15) is 11.1 Å². The molecule has 5 nitrogen and oxygen atoms in total. The molecule has 3 N–H and O–H groups in total. The average Bonchev–Trinajstić information content (AvgIpc) is 2.41. The normalized spacial score (nSPS) is 10.2. The van der Waals surface area contributed by atoms with E-state index in [0.717, 1.165) is 0 Å². The molecule has 0 atom stereocenters. The van der Waals surface area contributed by atoms with Crippen molar-refractivity contribution >= 4 is 11.7 Å². The number of amidine groups is 1. The van der Waals surface area contributed by atoms with E-state index in [-0.39, 0.29) is 11.7 Å². The number of nitrogens with zero attached hydrogens (tertiary/aromatic N) is 3. The van der Waals surface area contributed by atoms with Gasteiger partial charge in [-0.2, -0.15) is 5.10 Å². The average molecular weight is 259 g/mol. The Balaban J connectivity index is 2.28. The Morgan fingerprint density at radius 2 is 2.11 bits per heavy atom. The van der Waals surface area contributed by atoms with Gasteiger partial charge in [-0.05, 0) is 12.1 Å². The van der Waals surface area contributed by atoms with Crippen molar-refractivity contribution in [3.05, 3.63) is 53.5 Å². The lowest BCUT2D eigenvalue weighted by Gasteiger charge is -2.20. The largest absolute Gasteiger partial charge is 0.384 e.